The second kappa shape index (κ2) is 8.92. The molecule has 0 N–H and O–H groups in total. The van der Waals surface area contributed by atoms with Gasteiger partial charge in [0.15, 0.2) is 0 Å². The zero-order valence-corrected chi connectivity index (χ0v) is 19.0. The van der Waals surface area contributed by atoms with Gasteiger partial charge in [-0.1, -0.05) is 35.9 Å². The molecule has 0 atom stereocenters. The van der Waals surface area contributed by atoms with Crippen molar-refractivity contribution < 1.29 is 17.6 Å². The number of benzene rings is 3. The second-order valence-electron chi connectivity index (χ2n) is 7.77. The fourth-order valence-corrected chi connectivity index (χ4v) is 4.88. The summed E-state index contributed by atoms with van der Waals surface area (Å²) < 4.78 is 40.7. The highest BCUT2D eigenvalue weighted by atomic mass is 35.5. The number of amides is 1. The van der Waals surface area contributed by atoms with E-state index in [0.29, 0.717) is 22.8 Å². The summed E-state index contributed by atoms with van der Waals surface area (Å²) in [5, 5.41) is 0.425. The first kappa shape index (κ1) is 22.3. The Morgan fingerprint density at radius 3 is 2.38 bits per heavy atom. The van der Waals surface area contributed by atoms with Crippen LogP contribution in [0.1, 0.15) is 28.8 Å². The van der Waals surface area contributed by atoms with Gasteiger partial charge < -0.3 is 4.90 Å². The Balaban J connectivity index is 1.61. The SMILES string of the molecule is CN(c1cccc(Cl)c1)S(=O)(=O)c1cccc(C(=O)N(Cc2ccc(F)cc2)C2CC2)c1. The van der Waals surface area contributed by atoms with Gasteiger partial charge in [0.05, 0.1) is 10.6 Å². The zero-order valence-electron chi connectivity index (χ0n) is 17.4. The first-order valence-corrected chi connectivity index (χ1v) is 12.0. The lowest BCUT2D eigenvalue weighted by molar-refractivity contribution is 0.0729. The fourth-order valence-electron chi connectivity index (χ4n) is 3.46. The van der Waals surface area contributed by atoms with E-state index < -0.39 is 10.0 Å². The number of sulfonamides is 1. The second-order valence-corrected chi connectivity index (χ2v) is 10.2. The zero-order chi connectivity index (χ0) is 22.9. The lowest BCUT2D eigenvalue weighted by atomic mass is 10.1. The lowest BCUT2D eigenvalue weighted by Gasteiger charge is -2.24. The highest BCUT2D eigenvalue weighted by molar-refractivity contribution is 7.92. The van der Waals surface area contributed by atoms with E-state index in [9.17, 15) is 17.6 Å². The molecular formula is C24H22ClFN2O3S. The summed E-state index contributed by atoms with van der Waals surface area (Å²) in [6.45, 7) is 0.336. The number of hydrogen-bond acceptors (Lipinski definition) is 3. The molecule has 1 saturated carbocycles. The fraction of sp³-hybridized carbons (Fsp3) is 0.208. The average Bonchev–Trinajstić information content (AvgIpc) is 3.63. The average molecular weight is 473 g/mol. The molecule has 4 rings (SSSR count). The summed E-state index contributed by atoms with van der Waals surface area (Å²) >= 11 is 6.00. The summed E-state index contributed by atoms with van der Waals surface area (Å²) in [7, 11) is -2.45. The predicted molar refractivity (Wildman–Crippen MR) is 123 cm³/mol. The van der Waals surface area contributed by atoms with Gasteiger partial charge in [-0.25, -0.2) is 12.8 Å². The highest BCUT2D eigenvalue weighted by Gasteiger charge is 2.33. The Bertz CT molecular complexity index is 1240. The number of carbonyl (C=O) groups is 1. The van der Waals surface area contributed by atoms with E-state index in [0.717, 1.165) is 22.7 Å². The maximum absolute atomic E-state index is 13.3. The molecule has 1 amide bonds. The smallest absolute Gasteiger partial charge is 0.264 e. The van der Waals surface area contributed by atoms with E-state index in [1.54, 1.807) is 53.4 Å². The Hall–Kier alpha value is -2.90. The Kier molecular flexibility index (Phi) is 6.22. The maximum Gasteiger partial charge on any atom is 0.264 e. The molecule has 0 bridgehead atoms. The van der Waals surface area contributed by atoms with Crippen LogP contribution in [0.4, 0.5) is 10.1 Å². The predicted octanol–water partition coefficient (Wildman–Crippen LogP) is 5.11. The molecule has 1 aliphatic rings. The molecule has 32 heavy (non-hydrogen) atoms. The van der Waals surface area contributed by atoms with Crippen LogP contribution < -0.4 is 4.31 Å². The van der Waals surface area contributed by atoms with Gasteiger partial charge in [-0.15, -0.1) is 0 Å². The quantitative estimate of drug-likeness (QED) is 0.480. The summed E-state index contributed by atoms with van der Waals surface area (Å²) in [6, 6.07) is 18.7. The van der Waals surface area contributed by atoms with Crippen LogP contribution >= 0.6 is 11.6 Å². The van der Waals surface area contributed by atoms with Crippen LogP contribution in [0.25, 0.3) is 0 Å². The third-order valence-electron chi connectivity index (χ3n) is 5.43. The van der Waals surface area contributed by atoms with Gasteiger partial charge in [-0.2, -0.15) is 0 Å². The molecule has 8 heteroatoms. The standard InChI is InChI=1S/C24H22ClFN2O3S/c1-27(22-6-3-5-19(25)15-22)32(30,31)23-7-2-4-18(14-23)24(29)28(21-12-13-21)16-17-8-10-20(26)11-9-17/h2-11,14-15,21H,12-13,16H2,1H3. The van der Waals surface area contributed by atoms with Crippen LogP contribution in [0.3, 0.4) is 0 Å². The molecule has 0 heterocycles. The van der Waals surface area contributed by atoms with E-state index in [1.165, 1.54) is 31.3 Å². The van der Waals surface area contributed by atoms with Crippen molar-refractivity contribution in [1.29, 1.82) is 0 Å². The van der Waals surface area contributed by atoms with Crippen molar-refractivity contribution in [3.05, 3.63) is 94.8 Å². The first-order valence-electron chi connectivity index (χ1n) is 10.2. The minimum atomic E-state index is -3.90. The van der Waals surface area contributed by atoms with Crippen molar-refractivity contribution in [3.8, 4) is 0 Å². The number of halogens is 2. The van der Waals surface area contributed by atoms with Gasteiger partial charge in [0.1, 0.15) is 5.82 Å². The van der Waals surface area contributed by atoms with Crippen molar-refractivity contribution in [2.24, 2.45) is 0 Å². The van der Waals surface area contributed by atoms with Gasteiger partial charge in [-0.3, -0.25) is 9.10 Å². The molecule has 0 radical (unpaired) electrons. The van der Waals surface area contributed by atoms with E-state index in [4.69, 9.17) is 11.6 Å². The van der Waals surface area contributed by atoms with Gasteiger partial charge >= 0.3 is 0 Å². The van der Waals surface area contributed by atoms with Crippen molar-refractivity contribution >= 4 is 33.2 Å². The van der Waals surface area contributed by atoms with E-state index in [2.05, 4.69) is 0 Å². The largest absolute Gasteiger partial charge is 0.331 e. The summed E-state index contributed by atoms with van der Waals surface area (Å²) in [6.07, 6.45) is 1.78. The topological polar surface area (TPSA) is 57.7 Å². The third kappa shape index (κ3) is 4.79. The van der Waals surface area contributed by atoms with Crippen LogP contribution in [-0.2, 0) is 16.6 Å². The summed E-state index contributed by atoms with van der Waals surface area (Å²) in [5.74, 6) is -0.584. The number of rotatable bonds is 7. The van der Waals surface area contributed by atoms with Crippen molar-refractivity contribution in [3.63, 3.8) is 0 Å². The molecule has 1 aliphatic carbocycles. The minimum Gasteiger partial charge on any atom is -0.331 e. The van der Waals surface area contributed by atoms with E-state index in [1.807, 2.05) is 0 Å². The van der Waals surface area contributed by atoms with Crippen LogP contribution in [0.5, 0.6) is 0 Å². The number of carbonyl (C=O) groups excluding carboxylic acids is 1. The molecule has 0 aromatic heterocycles. The Labute approximate surface area is 192 Å². The third-order valence-corrected chi connectivity index (χ3v) is 7.44. The normalized spacial score (nSPS) is 13.6. The van der Waals surface area contributed by atoms with Crippen LogP contribution in [0, 0.1) is 5.82 Å². The van der Waals surface area contributed by atoms with E-state index >= 15 is 0 Å². The summed E-state index contributed by atoms with van der Waals surface area (Å²) in [4.78, 5) is 15.0. The molecular weight excluding hydrogens is 451 g/mol. The number of anilines is 1. The van der Waals surface area contributed by atoms with Gasteiger partial charge in [-0.05, 0) is 66.9 Å². The van der Waals surface area contributed by atoms with Crippen LogP contribution in [0.15, 0.2) is 77.7 Å². The monoisotopic (exact) mass is 472 g/mol. The van der Waals surface area contributed by atoms with Crippen LogP contribution in [-0.4, -0.2) is 32.3 Å². The minimum absolute atomic E-state index is 0.0170. The Morgan fingerprint density at radius 2 is 1.72 bits per heavy atom. The lowest BCUT2D eigenvalue weighted by Crippen LogP contribution is -2.33. The first-order chi connectivity index (χ1) is 15.3. The number of hydrogen-bond donors (Lipinski definition) is 0. The highest BCUT2D eigenvalue weighted by Crippen LogP contribution is 2.31. The van der Waals surface area contributed by atoms with Crippen LogP contribution in [0.2, 0.25) is 5.02 Å². The summed E-state index contributed by atoms with van der Waals surface area (Å²) in [5.41, 5.74) is 1.53. The molecule has 0 aliphatic heterocycles. The molecule has 5 nitrogen and oxygen atoms in total. The maximum atomic E-state index is 13.3. The van der Waals surface area contributed by atoms with Gasteiger partial charge in [0.25, 0.3) is 15.9 Å². The van der Waals surface area contributed by atoms with Gasteiger partial charge in [0, 0.05) is 30.2 Å². The van der Waals surface area contributed by atoms with Crippen molar-refractivity contribution in [1.82, 2.24) is 4.90 Å². The Morgan fingerprint density at radius 1 is 1.03 bits per heavy atom. The molecule has 1 fully saturated rings. The molecule has 0 saturated heterocycles. The van der Waals surface area contributed by atoms with E-state index in [-0.39, 0.29) is 22.7 Å². The molecule has 3 aromatic carbocycles. The van der Waals surface area contributed by atoms with Crippen molar-refractivity contribution in [2.75, 3.05) is 11.4 Å². The molecule has 0 unspecified atom stereocenters. The molecule has 0 spiro atoms. The molecule has 3 aromatic rings. The number of nitrogens with zero attached hydrogens (tertiary/aromatic N) is 2. The van der Waals surface area contributed by atoms with Gasteiger partial charge in [0.2, 0.25) is 0 Å². The molecule has 166 valence electrons. The van der Waals surface area contributed by atoms with Crippen molar-refractivity contribution in [2.45, 2.75) is 30.3 Å².